The van der Waals surface area contributed by atoms with Gasteiger partial charge in [-0.05, 0) is 45.7 Å². The third-order valence-corrected chi connectivity index (χ3v) is 4.37. The van der Waals surface area contributed by atoms with Crippen molar-refractivity contribution < 1.29 is 0 Å². The van der Waals surface area contributed by atoms with Gasteiger partial charge in [0.15, 0.2) is 0 Å². The Labute approximate surface area is 129 Å². The fourth-order valence-electron chi connectivity index (χ4n) is 3.27. The van der Waals surface area contributed by atoms with E-state index in [9.17, 15) is 5.26 Å². The molecule has 1 N–H and O–H groups in total. The van der Waals surface area contributed by atoms with Gasteiger partial charge in [-0.15, -0.1) is 0 Å². The lowest BCUT2D eigenvalue weighted by Crippen LogP contribution is -2.55. The summed E-state index contributed by atoms with van der Waals surface area (Å²) in [5.74, 6) is 0. The van der Waals surface area contributed by atoms with Crippen LogP contribution in [0.15, 0.2) is 30.3 Å². The zero-order valence-corrected chi connectivity index (χ0v) is 13.5. The summed E-state index contributed by atoms with van der Waals surface area (Å²) in [5.41, 5.74) is 0.445. The molecule has 0 radical (unpaired) electrons. The number of rotatable bonds is 5. The van der Waals surface area contributed by atoms with Gasteiger partial charge in [-0.1, -0.05) is 36.8 Å². The number of likely N-dealkylation sites (tertiary alicyclic amines) is 1. The van der Waals surface area contributed by atoms with E-state index < -0.39 is 5.54 Å². The normalized spacial score (nSPS) is 22.7. The molecule has 1 aliphatic rings. The van der Waals surface area contributed by atoms with Crippen molar-refractivity contribution in [2.75, 3.05) is 13.1 Å². The van der Waals surface area contributed by atoms with Crippen molar-refractivity contribution >= 4 is 0 Å². The second-order valence-electron chi connectivity index (χ2n) is 6.50. The van der Waals surface area contributed by atoms with Gasteiger partial charge in [-0.25, -0.2) is 0 Å². The molecule has 2 unspecified atom stereocenters. The highest BCUT2D eigenvalue weighted by Crippen LogP contribution is 2.26. The minimum atomic E-state index is -0.624. The Bertz CT molecular complexity index is 477. The van der Waals surface area contributed by atoms with Crippen LogP contribution in [0.3, 0.4) is 0 Å². The van der Waals surface area contributed by atoms with Crippen molar-refractivity contribution in [1.82, 2.24) is 10.2 Å². The summed E-state index contributed by atoms with van der Waals surface area (Å²) in [6, 6.07) is 13.6. The molecule has 0 amide bonds. The van der Waals surface area contributed by atoms with Gasteiger partial charge in [-0.2, -0.15) is 5.26 Å². The molecule has 1 fully saturated rings. The molecule has 2 rings (SSSR count). The Morgan fingerprint density at radius 1 is 1.33 bits per heavy atom. The Morgan fingerprint density at radius 2 is 2.05 bits per heavy atom. The largest absolute Gasteiger partial charge is 0.297 e. The van der Waals surface area contributed by atoms with Gasteiger partial charge in [-0.3, -0.25) is 10.2 Å². The van der Waals surface area contributed by atoms with E-state index >= 15 is 0 Å². The van der Waals surface area contributed by atoms with Crippen LogP contribution in [-0.2, 0) is 5.54 Å². The Kier molecular flexibility index (Phi) is 5.39. The first-order valence-corrected chi connectivity index (χ1v) is 8.06. The molecule has 0 aromatic heterocycles. The van der Waals surface area contributed by atoms with E-state index in [1.807, 2.05) is 18.2 Å². The van der Waals surface area contributed by atoms with E-state index in [4.69, 9.17) is 0 Å². The van der Waals surface area contributed by atoms with Crippen LogP contribution in [0, 0.1) is 11.3 Å². The summed E-state index contributed by atoms with van der Waals surface area (Å²) in [6.45, 7) is 8.34. The topological polar surface area (TPSA) is 39.1 Å². The molecule has 0 spiro atoms. The van der Waals surface area contributed by atoms with Gasteiger partial charge in [0.25, 0.3) is 0 Å². The molecule has 1 aromatic carbocycles. The van der Waals surface area contributed by atoms with E-state index in [2.05, 4.69) is 49.2 Å². The fraction of sp³-hybridized carbons (Fsp3) is 0.611. The number of piperidine rings is 1. The van der Waals surface area contributed by atoms with E-state index in [0.29, 0.717) is 6.04 Å². The Hall–Kier alpha value is -1.37. The van der Waals surface area contributed by atoms with E-state index in [-0.39, 0.29) is 6.04 Å². The number of nitrogens with zero attached hydrogens (tertiary/aromatic N) is 2. The highest BCUT2D eigenvalue weighted by Gasteiger charge is 2.36. The molecule has 114 valence electrons. The van der Waals surface area contributed by atoms with Crippen LogP contribution in [0.5, 0.6) is 0 Å². The SMILES string of the molecule is CC(C)NC(C#N)(CN1CCCCC1C)c1ccccc1. The number of hydrogen-bond donors (Lipinski definition) is 1. The monoisotopic (exact) mass is 285 g/mol. The quantitative estimate of drug-likeness (QED) is 0.902. The predicted octanol–water partition coefficient (Wildman–Crippen LogP) is 3.28. The molecule has 2 atom stereocenters. The van der Waals surface area contributed by atoms with E-state index in [1.54, 1.807) is 0 Å². The minimum Gasteiger partial charge on any atom is -0.297 e. The molecule has 0 bridgehead atoms. The molecule has 1 heterocycles. The molecular weight excluding hydrogens is 258 g/mol. The van der Waals surface area contributed by atoms with E-state index in [1.165, 1.54) is 19.3 Å². The second-order valence-corrected chi connectivity index (χ2v) is 6.50. The van der Waals surface area contributed by atoms with Gasteiger partial charge in [0.2, 0.25) is 0 Å². The molecule has 1 saturated heterocycles. The lowest BCUT2D eigenvalue weighted by molar-refractivity contribution is 0.123. The molecule has 3 heteroatoms. The molecular formula is C18H27N3. The van der Waals surface area contributed by atoms with Gasteiger partial charge < -0.3 is 0 Å². The molecule has 0 aliphatic carbocycles. The fourth-order valence-corrected chi connectivity index (χ4v) is 3.27. The average Bonchev–Trinajstić information content (AvgIpc) is 2.49. The molecule has 21 heavy (non-hydrogen) atoms. The summed E-state index contributed by atoms with van der Waals surface area (Å²) < 4.78 is 0. The van der Waals surface area contributed by atoms with Crippen LogP contribution >= 0.6 is 0 Å². The van der Waals surface area contributed by atoms with Crippen LogP contribution in [0.4, 0.5) is 0 Å². The Balaban J connectivity index is 2.29. The number of hydrogen-bond acceptors (Lipinski definition) is 3. The number of nitrogens with one attached hydrogen (secondary N) is 1. The van der Waals surface area contributed by atoms with Crippen molar-refractivity contribution in [2.24, 2.45) is 0 Å². The van der Waals surface area contributed by atoms with Crippen molar-refractivity contribution in [2.45, 2.75) is 57.7 Å². The third kappa shape index (κ3) is 3.84. The van der Waals surface area contributed by atoms with Gasteiger partial charge in [0.1, 0.15) is 5.54 Å². The van der Waals surface area contributed by atoms with Crippen molar-refractivity contribution in [1.29, 1.82) is 5.26 Å². The van der Waals surface area contributed by atoms with Crippen LogP contribution in [-0.4, -0.2) is 30.1 Å². The van der Waals surface area contributed by atoms with Crippen molar-refractivity contribution in [3.8, 4) is 6.07 Å². The maximum Gasteiger partial charge on any atom is 0.145 e. The van der Waals surface area contributed by atoms with Gasteiger partial charge in [0, 0.05) is 18.6 Å². The molecule has 1 aliphatic heterocycles. The first-order chi connectivity index (χ1) is 10.1. The summed E-state index contributed by atoms with van der Waals surface area (Å²) in [7, 11) is 0. The van der Waals surface area contributed by atoms with Crippen LogP contribution in [0.25, 0.3) is 0 Å². The minimum absolute atomic E-state index is 0.268. The second kappa shape index (κ2) is 7.06. The summed E-state index contributed by atoms with van der Waals surface area (Å²) in [4.78, 5) is 2.47. The summed E-state index contributed by atoms with van der Waals surface area (Å²) in [5, 5.41) is 13.5. The first-order valence-electron chi connectivity index (χ1n) is 8.06. The zero-order chi connectivity index (χ0) is 15.3. The molecule has 3 nitrogen and oxygen atoms in total. The standard InChI is InChI=1S/C18H27N3/c1-15(2)20-18(13-19,17-10-5-4-6-11-17)14-21-12-8-7-9-16(21)3/h4-6,10-11,15-16,20H,7-9,12,14H2,1-3H3. The first kappa shape index (κ1) is 16.0. The highest BCUT2D eigenvalue weighted by atomic mass is 15.2. The summed E-state index contributed by atoms with van der Waals surface area (Å²) >= 11 is 0. The van der Waals surface area contributed by atoms with Gasteiger partial charge in [0.05, 0.1) is 6.07 Å². The number of nitriles is 1. The molecule has 0 saturated carbocycles. The predicted molar refractivity (Wildman–Crippen MR) is 86.9 cm³/mol. The Morgan fingerprint density at radius 3 is 2.62 bits per heavy atom. The molecule has 1 aromatic rings. The van der Waals surface area contributed by atoms with E-state index in [0.717, 1.165) is 18.7 Å². The lowest BCUT2D eigenvalue weighted by Gasteiger charge is -2.40. The summed E-state index contributed by atoms with van der Waals surface area (Å²) in [6.07, 6.45) is 3.78. The third-order valence-electron chi connectivity index (χ3n) is 4.37. The number of benzene rings is 1. The zero-order valence-electron chi connectivity index (χ0n) is 13.5. The lowest BCUT2D eigenvalue weighted by atomic mass is 9.88. The maximum atomic E-state index is 9.96. The van der Waals surface area contributed by atoms with Crippen molar-refractivity contribution in [3.05, 3.63) is 35.9 Å². The smallest absolute Gasteiger partial charge is 0.145 e. The maximum absolute atomic E-state index is 9.96. The van der Waals surface area contributed by atoms with Crippen LogP contribution < -0.4 is 5.32 Å². The average molecular weight is 285 g/mol. The van der Waals surface area contributed by atoms with Crippen molar-refractivity contribution in [3.63, 3.8) is 0 Å². The highest BCUT2D eigenvalue weighted by molar-refractivity contribution is 5.32. The van der Waals surface area contributed by atoms with Crippen LogP contribution in [0.2, 0.25) is 0 Å². The van der Waals surface area contributed by atoms with Gasteiger partial charge >= 0.3 is 0 Å². The van der Waals surface area contributed by atoms with Crippen LogP contribution in [0.1, 0.15) is 45.6 Å².